The van der Waals surface area contributed by atoms with Crippen molar-refractivity contribution in [3.63, 3.8) is 0 Å². The fourth-order valence-electron chi connectivity index (χ4n) is 1.77. The lowest BCUT2D eigenvalue weighted by Crippen LogP contribution is -2.33. The van der Waals surface area contributed by atoms with Crippen LogP contribution in [0, 0.1) is 5.92 Å². The monoisotopic (exact) mass is 194 g/mol. The first-order valence-corrected chi connectivity index (χ1v) is 5.10. The van der Waals surface area contributed by atoms with E-state index in [1.54, 1.807) is 0 Å². The van der Waals surface area contributed by atoms with Crippen LogP contribution in [0.1, 0.15) is 13.8 Å². The predicted molar refractivity (Wildman–Crippen MR) is 48.0 cm³/mol. The number of halogens is 1. The highest BCUT2D eigenvalue weighted by atomic mass is 32.2. The van der Waals surface area contributed by atoms with E-state index in [0.717, 1.165) is 0 Å². The third-order valence-electron chi connectivity index (χ3n) is 2.42. The summed E-state index contributed by atoms with van der Waals surface area (Å²) >= 11 is 1.47. The molecule has 0 spiro atoms. The van der Waals surface area contributed by atoms with Crippen molar-refractivity contribution in [2.75, 3.05) is 6.61 Å². The Bertz CT molecular complexity index is 154. The Balaban J connectivity index is 2.63. The molecule has 1 aliphatic rings. The van der Waals surface area contributed by atoms with Crippen LogP contribution in [0.3, 0.4) is 0 Å². The molecule has 0 amide bonds. The summed E-state index contributed by atoms with van der Waals surface area (Å²) in [7, 11) is 0. The zero-order valence-corrected chi connectivity index (χ0v) is 8.09. The van der Waals surface area contributed by atoms with E-state index >= 15 is 0 Å². The fourth-order valence-corrected chi connectivity index (χ4v) is 3.31. The lowest BCUT2D eigenvalue weighted by atomic mass is 9.93. The number of thioether (sulfide) groups is 1. The normalized spacial score (nSPS) is 44.8. The number of rotatable bonds is 2. The second-order valence-corrected chi connectivity index (χ2v) is 4.93. The first-order chi connectivity index (χ1) is 5.57. The standard InChI is InChI=1S/C8H15FO2S/c1-4(9)7-5(2)12-6(3-10)8(7)11/h4-8,10-11H,3H2,1-2H3/t4?,5-,6+,7?,8+/m0/s1. The molecule has 0 aromatic carbocycles. The summed E-state index contributed by atoms with van der Waals surface area (Å²) in [6, 6.07) is 0. The van der Waals surface area contributed by atoms with E-state index in [1.165, 1.54) is 18.7 Å². The maximum absolute atomic E-state index is 13.0. The molecule has 12 heavy (non-hydrogen) atoms. The molecule has 1 rings (SSSR count). The molecule has 0 aliphatic carbocycles. The molecule has 1 saturated heterocycles. The largest absolute Gasteiger partial charge is 0.395 e. The minimum Gasteiger partial charge on any atom is -0.395 e. The SMILES string of the molecule is CC(F)C1[C@H](C)S[C@H](CO)[C@H]1O. The van der Waals surface area contributed by atoms with Crippen molar-refractivity contribution in [2.24, 2.45) is 5.92 Å². The summed E-state index contributed by atoms with van der Waals surface area (Å²) in [4.78, 5) is 0. The molecular weight excluding hydrogens is 179 g/mol. The summed E-state index contributed by atoms with van der Waals surface area (Å²) in [5, 5.41) is 18.3. The van der Waals surface area contributed by atoms with Crippen molar-refractivity contribution in [3.05, 3.63) is 0 Å². The van der Waals surface area contributed by atoms with Crippen LogP contribution in [0.4, 0.5) is 4.39 Å². The minimum atomic E-state index is -1.00. The van der Waals surface area contributed by atoms with E-state index in [4.69, 9.17) is 5.11 Å². The third-order valence-corrected chi connectivity index (χ3v) is 3.94. The molecule has 0 saturated carbocycles. The van der Waals surface area contributed by atoms with Crippen molar-refractivity contribution < 1.29 is 14.6 Å². The van der Waals surface area contributed by atoms with Crippen molar-refractivity contribution in [3.8, 4) is 0 Å². The highest BCUT2D eigenvalue weighted by Gasteiger charge is 2.43. The second-order valence-electron chi connectivity index (χ2n) is 3.31. The molecule has 5 atom stereocenters. The number of aliphatic hydroxyl groups excluding tert-OH is 2. The van der Waals surface area contributed by atoms with Crippen molar-refractivity contribution in [1.29, 1.82) is 0 Å². The smallest absolute Gasteiger partial charge is 0.104 e. The van der Waals surface area contributed by atoms with Gasteiger partial charge in [0, 0.05) is 11.2 Å². The molecular formula is C8H15FO2S. The molecule has 72 valence electrons. The Morgan fingerprint density at radius 2 is 2.17 bits per heavy atom. The van der Waals surface area contributed by atoms with Gasteiger partial charge >= 0.3 is 0 Å². The molecule has 2 unspecified atom stereocenters. The molecule has 1 aliphatic heterocycles. The van der Waals surface area contributed by atoms with E-state index in [0.29, 0.717) is 0 Å². The summed E-state index contributed by atoms with van der Waals surface area (Å²) in [6.07, 6.45) is -1.70. The highest BCUT2D eigenvalue weighted by Crippen LogP contribution is 2.40. The van der Waals surface area contributed by atoms with Crippen LogP contribution in [0.2, 0.25) is 0 Å². The average molecular weight is 194 g/mol. The second kappa shape index (κ2) is 3.94. The minimum absolute atomic E-state index is 0.0700. The molecule has 0 radical (unpaired) electrons. The van der Waals surface area contributed by atoms with Crippen LogP contribution in [0.25, 0.3) is 0 Å². The Hall–Kier alpha value is 0.200. The van der Waals surface area contributed by atoms with E-state index in [-0.39, 0.29) is 23.0 Å². The Morgan fingerprint density at radius 3 is 2.42 bits per heavy atom. The highest BCUT2D eigenvalue weighted by molar-refractivity contribution is 8.00. The molecule has 1 fully saturated rings. The maximum atomic E-state index is 13.0. The van der Waals surface area contributed by atoms with Gasteiger partial charge in [-0.3, -0.25) is 0 Å². The predicted octanol–water partition coefficient (Wildman–Crippen LogP) is 0.818. The van der Waals surface area contributed by atoms with Gasteiger partial charge in [0.15, 0.2) is 0 Å². The third kappa shape index (κ3) is 1.75. The first-order valence-electron chi connectivity index (χ1n) is 4.16. The molecule has 0 aromatic heterocycles. The lowest BCUT2D eigenvalue weighted by molar-refractivity contribution is 0.0591. The van der Waals surface area contributed by atoms with Gasteiger partial charge in [0.2, 0.25) is 0 Å². The summed E-state index contributed by atoms with van der Waals surface area (Å²) in [5.74, 6) is -0.327. The van der Waals surface area contributed by atoms with Crippen LogP contribution in [0.15, 0.2) is 0 Å². The summed E-state index contributed by atoms with van der Waals surface area (Å²) in [6.45, 7) is 3.29. The zero-order valence-electron chi connectivity index (χ0n) is 7.27. The van der Waals surface area contributed by atoms with Crippen LogP contribution < -0.4 is 0 Å². The summed E-state index contributed by atoms with van der Waals surface area (Å²) < 4.78 is 13.0. The molecule has 2 N–H and O–H groups in total. The molecule has 1 heterocycles. The molecule has 4 heteroatoms. The number of alkyl halides is 1. The van der Waals surface area contributed by atoms with Crippen LogP contribution in [-0.4, -0.2) is 39.6 Å². The van der Waals surface area contributed by atoms with Crippen LogP contribution in [0.5, 0.6) is 0 Å². The molecule has 0 bridgehead atoms. The number of aliphatic hydroxyl groups is 2. The van der Waals surface area contributed by atoms with Crippen molar-refractivity contribution in [1.82, 2.24) is 0 Å². The number of hydrogen-bond donors (Lipinski definition) is 2. The molecule has 0 aromatic rings. The average Bonchev–Trinajstić information content (AvgIpc) is 2.25. The Labute approximate surface area is 76.2 Å². The van der Waals surface area contributed by atoms with E-state index in [9.17, 15) is 9.50 Å². The van der Waals surface area contributed by atoms with E-state index < -0.39 is 12.3 Å². The van der Waals surface area contributed by atoms with Gasteiger partial charge in [-0.25, -0.2) is 4.39 Å². The van der Waals surface area contributed by atoms with Gasteiger partial charge < -0.3 is 10.2 Å². The van der Waals surface area contributed by atoms with Crippen molar-refractivity contribution >= 4 is 11.8 Å². The van der Waals surface area contributed by atoms with Crippen LogP contribution in [-0.2, 0) is 0 Å². The van der Waals surface area contributed by atoms with E-state index in [1.807, 2.05) is 6.92 Å². The fraction of sp³-hybridized carbons (Fsp3) is 1.00. The van der Waals surface area contributed by atoms with Crippen molar-refractivity contribution in [2.45, 2.75) is 36.6 Å². The van der Waals surface area contributed by atoms with Gasteiger partial charge in [0.1, 0.15) is 6.17 Å². The molecule has 2 nitrogen and oxygen atoms in total. The van der Waals surface area contributed by atoms with E-state index in [2.05, 4.69) is 0 Å². The van der Waals surface area contributed by atoms with Gasteiger partial charge in [-0.05, 0) is 6.92 Å². The Kier molecular flexibility index (Phi) is 3.37. The maximum Gasteiger partial charge on any atom is 0.104 e. The van der Waals surface area contributed by atoms with Crippen LogP contribution >= 0.6 is 11.8 Å². The topological polar surface area (TPSA) is 40.5 Å². The van der Waals surface area contributed by atoms with Gasteiger partial charge in [-0.1, -0.05) is 6.92 Å². The first kappa shape index (κ1) is 10.3. The number of hydrogen-bond acceptors (Lipinski definition) is 3. The lowest BCUT2D eigenvalue weighted by Gasteiger charge is -2.20. The summed E-state index contributed by atoms with van der Waals surface area (Å²) in [5.41, 5.74) is 0. The van der Waals surface area contributed by atoms with Gasteiger partial charge in [0.05, 0.1) is 18.0 Å². The van der Waals surface area contributed by atoms with Gasteiger partial charge in [0.25, 0.3) is 0 Å². The van der Waals surface area contributed by atoms with Gasteiger partial charge in [-0.15, -0.1) is 11.8 Å². The Morgan fingerprint density at radius 1 is 1.58 bits per heavy atom. The quantitative estimate of drug-likeness (QED) is 0.683. The zero-order chi connectivity index (χ0) is 9.30. The van der Waals surface area contributed by atoms with Gasteiger partial charge in [-0.2, -0.15) is 0 Å².